The maximum atomic E-state index is 5.42. The van der Waals surface area contributed by atoms with Crippen LogP contribution < -0.4 is 11.3 Å². The number of rotatable bonds is 2. The van der Waals surface area contributed by atoms with Crippen LogP contribution >= 0.6 is 0 Å². The van der Waals surface area contributed by atoms with E-state index < -0.39 is 0 Å². The van der Waals surface area contributed by atoms with Gasteiger partial charge < -0.3 is 5.43 Å². The van der Waals surface area contributed by atoms with Gasteiger partial charge in [0.1, 0.15) is 5.84 Å². The number of hydrogen-bond acceptors (Lipinski definition) is 2. The zero-order chi connectivity index (χ0) is 8.55. The number of nitrogens with one attached hydrogen (secondary N) is 1. The lowest BCUT2D eigenvalue weighted by molar-refractivity contribution is 0.668. The summed E-state index contributed by atoms with van der Waals surface area (Å²) in [6.07, 6.45) is 4.19. The molecule has 2 saturated carbocycles. The first-order chi connectivity index (χ1) is 5.88. The summed E-state index contributed by atoms with van der Waals surface area (Å²) in [5.74, 6) is 8.97. The summed E-state index contributed by atoms with van der Waals surface area (Å²) in [6.45, 7) is 2.89. The van der Waals surface area contributed by atoms with E-state index in [1.807, 2.05) is 0 Å². The molecule has 0 aromatic carbocycles. The van der Waals surface area contributed by atoms with Crippen molar-refractivity contribution in [2.45, 2.75) is 26.2 Å². The SMILES string of the molecule is CCN=C(NN)C1C2CCCC21. The first-order valence-corrected chi connectivity index (χ1v) is 4.89. The van der Waals surface area contributed by atoms with Crippen LogP contribution in [0.5, 0.6) is 0 Å². The van der Waals surface area contributed by atoms with E-state index in [9.17, 15) is 0 Å². The Hall–Kier alpha value is -0.570. The molecule has 2 unspecified atom stereocenters. The number of fused-ring (bicyclic) bond motifs is 1. The molecule has 3 nitrogen and oxygen atoms in total. The first kappa shape index (κ1) is 8.05. The largest absolute Gasteiger partial charge is 0.312 e. The standard InChI is InChI=1S/C9H17N3/c1-2-11-9(12-10)8-6-4-3-5-7(6)8/h6-8H,2-5,10H2,1H3,(H,11,12). The van der Waals surface area contributed by atoms with Gasteiger partial charge in [0.15, 0.2) is 0 Å². The zero-order valence-electron chi connectivity index (χ0n) is 7.59. The summed E-state index contributed by atoms with van der Waals surface area (Å²) in [5.41, 5.74) is 2.74. The molecule has 0 heterocycles. The van der Waals surface area contributed by atoms with Crippen molar-refractivity contribution in [1.29, 1.82) is 0 Å². The molecule has 0 aromatic rings. The van der Waals surface area contributed by atoms with Gasteiger partial charge in [-0.3, -0.25) is 4.99 Å². The molecule has 2 aliphatic carbocycles. The fourth-order valence-electron chi connectivity index (χ4n) is 2.64. The molecule has 2 atom stereocenters. The fraction of sp³-hybridized carbons (Fsp3) is 0.889. The van der Waals surface area contributed by atoms with Crippen molar-refractivity contribution in [3.63, 3.8) is 0 Å². The van der Waals surface area contributed by atoms with Gasteiger partial charge >= 0.3 is 0 Å². The van der Waals surface area contributed by atoms with Crippen molar-refractivity contribution < 1.29 is 0 Å². The molecule has 2 aliphatic rings. The van der Waals surface area contributed by atoms with Crippen molar-refractivity contribution >= 4 is 5.84 Å². The second-order valence-corrected chi connectivity index (χ2v) is 3.79. The molecule has 3 heteroatoms. The van der Waals surface area contributed by atoms with Crippen molar-refractivity contribution in [2.24, 2.45) is 28.6 Å². The molecule has 0 aromatic heterocycles. The van der Waals surface area contributed by atoms with Gasteiger partial charge in [-0.25, -0.2) is 5.84 Å². The van der Waals surface area contributed by atoms with E-state index in [0.717, 1.165) is 24.2 Å². The maximum Gasteiger partial charge on any atom is 0.114 e. The number of hydrogen-bond donors (Lipinski definition) is 2. The minimum absolute atomic E-state index is 0.684. The second-order valence-electron chi connectivity index (χ2n) is 3.79. The van der Waals surface area contributed by atoms with E-state index in [0.29, 0.717) is 5.92 Å². The third-order valence-corrected chi connectivity index (χ3v) is 3.20. The molecule has 0 aliphatic heterocycles. The average molecular weight is 167 g/mol. The first-order valence-electron chi connectivity index (χ1n) is 4.89. The summed E-state index contributed by atoms with van der Waals surface area (Å²) in [5, 5.41) is 0. The molecule has 3 N–H and O–H groups in total. The Balaban J connectivity index is 1.97. The molecule has 2 fully saturated rings. The fourth-order valence-corrected chi connectivity index (χ4v) is 2.64. The molecule has 68 valence electrons. The molecule has 0 amide bonds. The predicted octanol–water partition coefficient (Wildman–Crippen LogP) is 0.914. The highest BCUT2D eigenvalue weighted by Crippen LogP contribution is 2.57. The quantitative estimate of drug-likeness (QED) is 0.278. The number of nitrogens with two attached hydrogens (primary N) is 1. The van der Waals surface area contributed by atoms with Crippen LogP contribution in [0.15, 0.2) is 4.99 Å². The molecular weight excluding hydrogens is 150 g/mol. The van der Waals surface area contributed by atoms with Crippen molar-refractivity contribution in [1.82, 2.24) is 5.43 Å². The molecule has 0 saturated heterocycles. The Morgan fingerprint density at radius 3 is 2.67 bits per heavy atom. The Kier molecular flexibility index (Phi) is 2.05. The monoisotopic (exact) mass is 167 g/mol. The van der Waals surface area contributed by atoms with E-state index in [1.54, 1.807) is 0 Å². The molecular formula is C9H17N3. The summed E-state index contributed by atoms with van der Waals surface area (Å²) in [4.78, 5) is 4.37. The van der Waals surface area contributed by atoms with Crippen molar-refractivity contribution in [3.05, 3.63) is 0 Å². The highest BCUT2D eigenvalue weighted by molar-refractivity contribution is 5.87. The summed E-state index contributed by atoms with van der Waals surface area (Å²) in [6, 6.07) is 0. The van der Waals surface area contributed by atoms with Gasteiger partial charge in [-0.2, -0.15) is 0 Å². The van der Waals surface area contributed by atoms with Crippen LogP contribution in [0, 0.1) is 17.8 Å². The topological polar surface area (TPSA) is 50.4 Å². The van der Waals surface area contributed by atoms with Crippen LogP contribution in [0.25, 0.3) is 0 Å². The van der Waals surface area contributed by atoms with Gasteiger partial charge in [0.05, 0.1) is 0 Å². The predicted molar refractivity (Wildman–Crippen MR) is 49.6 cm³/mol. The summed E-state index contributed by atoms with van der Waals surface area (Å²) >= 11 is 0. The number of hydrazine groups is 1. The minimum atomic E-state index is 0.684. The Bertz CT molecular complexity index is 190. The molecule has 12 heavy (non-hydrogen) atoms. The highest BCUT2D eigenvalue weighted by atomic mass is 15.3. The van der Waals surface area contributed by atoms with E-state index >= 15 is 0 Å². The van der Waals surface area contributed by atoms with Crippen LogP contribution in [0.1, 0.15) is 26.2 Å². The third-order valence-electron chi connectivity index (χ3n) is 3.20. The lowest BCUT2D eigenvalue weighted by atomic mass is 10.1. The number of aliphatic imine (C=N–C) groups is 1. The molecule has 0 bridgehead atoms. The second kappa shape index (κ2) is 3.05. The molecule has 0 spiro atoms. The van der Waals surface area contributed by atoms with Crippen molar-refractivity contribution in [3.8, 4) is 0 Å². The van der Waals surface area contributed by atoms with Crippen LogP contribution in [0.2, 0.25) is 0 Å². The summed E-state index contributed by atoms with van der Waals surface area (Å²) in [7, 11) is 0. The van der Waals surface area contributed by atoms with Gasteiger partial charge in [-0.15, -0.1) is 0 Å². The van der Waals surface area contributed by atoms with Gasteiger partial charge in [0.25, 0.3) is 0 Å². The lowest BCUT2D eigenvalue weighted by Crippen LogP contribution is -2.33. The van der Waals surface area contributed by atoms with E-state index in [-0.39, 0.29) is 0 Å². The van der Waals surface area contributed by atoms with Gasteiger partial charge in [-0.05, 0) is 31.6 Å². The van der Waals surface area contributed by atoms with Crippen LogP contribution in [-0.4, -0.2) is 12.4 Å². The zero-order valence-corrected chi connectivity index (χ0v) is 7.59. The van der Waals surface area contributed by atoms with E-state index in [4.69, 9.17) is 5.84 Å². The van der Waals surface area contributed by atoms with E-state index in [1.165, 1.54) is 19.3 Å². The third kappa shape index (κ3) is 1.12. The van der Waals surface area contributed by atoms with Crippen LogP contribution in [0.3, 0.4) is 0 Å². The Morgan fingerprint density at radius 2 is 2.17 bits per heavy atom. The van der Waals surface area contributed by atoms with Gasteiger partial charge in [-0.1, -0.05) is 6.42 Å². The van der Waals surface area contributed by atoms with Gasteiger partial charge in [0.2, 0.25) is 0 Å². The lowest BCUT2D eigenvalue weighted by Gasteiger charge is -2.06. The Labute approximate surface area is 73.4 Å². The summed E-state index contributed by atoms with van der Waals surface area (Å²) < 4.78 is 0. The van der Waals surface area contributed by atoms with E-state index in [2.05, 4.69) is 17.3 Å². The molecule has 2 rings (SSSR count). The maximum absolute atomic E-state index is 5.42. The Morgan fingerprint density at radius 1 is 1.50 bits per heavy atom. The average Bonchev–Trinajstić information content (AvgIpc) is 2.59. The number of amidine groups is 1. The highest BCUT2D eigenvalue weighted by Gasteiger charge is 2.54. The molecule has 0 radical (unpaired) electrons. The minimum Gasteiger partial charge on any atom is -0.312 e. The van der Waals surface area contributed by atoms with Crippen LogP contribution in [-0.2, 0) is 0 Å². The van der Waals surface area contributed by atoms with Crippen LogP contribution in [0.4, 0.5) is 0 Å². The normalized spacial score (nSPS) is 39.5. The smallest absolute Gasteiger partial charge is 0.114 e. The van der Waals surface area contributed by atoms with Gasteiger partial charge in [0, 0.05) is 12.5 Å². The van der Waals surface area contributed by atoms with Crippen molar-refractivity contribution in [2.75, 3.05) is 6.54 Å². The number of nitrogens with zero attached hydrogens (tertiary/aromatic N) is 1.